The van der Waals surface area contributed by atoms with E-state index in [1.165, 1.54) is 6.42 Å². The summed E-state index contributed by atoms with van der Waals surface area (Å²) in [5.74, 6) is -0.00641. The van der Waals surface area contributed by atoms with Crippen LogP contribution in [0.5, 0.6) is 0 Å². The minimum atomic E-state index is -0.216. The number of anilines is 1. The molecule has 0 atom stereocenters. The van der Waals surface area contributed by atoms with Gasteiger partial charge in [0.1, 0.15) is 5.15 Å². The van der Waals surface area contributed by atoms with E-state index in [0.717, 1.165) is 25.7 Å². The molecule has 0 radical (unpaired) electrons. The Bertz CT molecular complexity index is 410. The van der Waals surface area contributed by atoms with Gasteiger partial charge in [0.05, 0.1) is 0 Å². The van der Waals surface area contributed by atoms with Crippen molar-refractivity contribution in [3.63, 3.8) is 0 Å². The molecule has 1 fully saturated rings. The van der Waals surface area contributed by atoms with Crippen molar-refractivity contribution in [1.82, 2.24) is 9.55 Å². The molecule has 0 spiro atoms. The highest BCUT2D eigenvalue weighted by molar-refractivity contribution is 6.29. The van der Waals surface area contributed by atoms with Gasteiger partial charge in [-0.2, -0.15) is 0 Å². The molecule has 0 unspecified atom stereocenters. The maximum atomic E-state index is 11.7. The van der Waals surface area contributed by atoms with E-state index in [9.17, 15) is 4.79 Å². The predicted molar refractivity (Wildman–Crippen MR) is 60.0 cm³/mol. The molecule has 0 saturated heterocycles. The molecule has 0 bridgehead atoms. The molecule has 1 heterocycles. The molecule has 15 heavy (non-hydrogen) atoms. The van der Waals surface area contributed by atoms with Crippen molar-refractivity contribution in [3.8, 4) is 0 Å². The van der Waals surface area contributed by atoms with Crippen LogP contribution in [0, 0.1) is 0 Å². The summed E-state index contributed by atoms with van der Waals surface area (Å²) in [5, 5.41) is 0.290. The Hall–Kier alpha value is -1.03. The van der Waals surface area contributed by atoms with Crippen LogP contribution in [0.2, 0.25) is 5.15 Å². The van der Waals surface area contributed by atoms with E-state index in [4.69, 9.17) is 17.3 Å². The average Bonchev–Trinajstić information content (AvgIpc) is 2.24. The first-order valence-electron chi connectivity index (χ1n) is 5.22. The lowest BCUT2D eigenvalue weighted by Crippen LogP contribution is -2.28. The van der Waals surface area contributed by atoms with Gasteiger partial charge in [0.15, 0.2) is 5.82 Å². The SMILES string of the molecule is Nc1nc(Cl)cn(C2CCCCC2)c1=O. The summed E-state index contributed by atoms with van der Waals surface area (Å²) in [6.45, 7) is 0. The smallest absolute Gasteiger partial charge is 0.293 e. The highest BCUT2D eigenvalue weighted by atomic mass is 35.5. The number of hydrogen-bond donors (Lipinski definition) is 1. The summed E-state index contributed by atoms with van der Waals surface area (Å²) in [6, 6.07) is 0.244. The van der Waals surface area contributed by atoms with Gasteiger partial charge < -0.3 is 10.3 Å². The number of rotatable bonds is 1. The Morgan fingerprint density at radius 1 is 1.40 bits per heavy atom. The van der Waals surface area contributed by atoms with Crippen molar-refractivity contribution in [1.29, 1.82) is 0 Å². The van der Waals surface area contributed by atoms with E-state index >= 15 is 0 Å². The second-order valence-electron chi connectivity index (χ2n) is 3.95. The van der Waals surface area contributed by atoms with Crippen LogP contribution in [0.4, 0.5) is 5.82 Å². The summed E-state index contributed by atoms with van der Waals surface area (Å²) < 4.78 is 1.64. The minimum absolute atomic E-state index is 0.00641. The third-order valence-electron chi connectivity index (χ3n) is 2.89. The third kappa shape index (κ3) is 2.15. The molecule has 2 N–H and O–H groups in total. The first-order chi connectivity index (χ1) is 7.18. The molecule has 5 heteroatoms. The summed E-state index contributed by atoms with van der Waals surface area (Å²) in [6.07, 6.45) is 7.23. The van der Waals surface area contributed by atoms with Gasteiger partial charge in [0.25, 0.3) is 5.56 Å². The van der Waals surface area contributed by atoms with Gasteiger partial charge in [-0.3, -0.25) is 4.79 Å². The van der Waals surface area contributed by atoms with Gasteiger partial charge in [0, 0.05) is 12.2 Å². The summed E-state index contributed by atoms with van der Waals surface area (Å²) >= 11 is 5.79. The molecular formula is C10H14ClN3O. The van der Waals surface area contributed by atoms with Crippen LogP contribution in [0.1, 0.15) is 38.1 Å². The van der Waals surface area contributed by atoms with E-state index < -0.39 is 0 Å². The second kappa shape index (κ2) is 4.23. The van der Waals surface area contributed by atoms with Gasteiger partial charge >= 0.3 is 0 Å². The van der Waals surface area contributed by atoms with E-state index in [0.29, 0.717) is 0 Å². The van der Waals surface area contributed by atoms with Gasteiger partial charge in [0.2, 0.25) is 0 Å². The maximum absolute atomic E-state index is 11.7. The highest BCUT2D eigenvalue weighted by Gasteiger charge is 2.17. The molecule has 0 aliphatic heterocycles. The van der Waals surface area contributed by atoms with Crippen molar-refractivity contribution in [2.75, 3.05) is 5.73 Å². The van der Waals surface area contributed by atoms with Crippen LogP contribution < -0.4 is 11.3 Å². The van der Waals surface area contributed by atoms with Crippen molar-refractivity contribution in [3.05, 3.63) is 21.7 Å². The Labute approximate surface area is 93.1 Å². The van der Waals surface area contributed by atoms with Gasteiger partial charge in [-0.25, -0.2) is 4.98 Å². The largest absolute Gasteiger partial charge is 0.379 e. The van der Waals surface area contributed by atoms with Crippen LogP contribution >= 0.6 is 11.6 Å². The Kier molecular flexibility index (Phi) is 2.95. The number of hydrogen-bond acceptors (Lipinski definition) is 3. The maximum Gasteiger partial charge on any atom is 0.293 e. The molecule has 1 aromatic rings. The number of nitrogen functional groups attached to an aromatic ring is 1. The molecule has 82 valence electrons. The normalized spacial score (nSPS) is 17.9. The predicted octanol–water partition coefficient (Wildman–Crippen LogP) is 1.98. The third-order valence-corrected chi connectivity index (χ3v) is 3.08. The standard InChI is InChI=1S/C10H14ClN3O/c11-8-6-14(10(15)9(12)13-8)7-4-2-1-3-5-7/h6-7H,1-5H2,(H2,12,13). The summed E-state index contributed by atoms with van der Waals surface area (Å²) in [5.41, 5.74) is 5.28. The fourth-order valence-corrected chi connectivity index (χ4v) is 2.32. The van der Waals surface area contributed by atoms with E-state index in [2.05, 4.69) is 4.98 Å². The number of halogens is 1. The lowest BCUT2D eigenvalue weighted by molar-refractivity contribution is 0.346. The summed E-state index contributed by atoms with van der Waals surface area (Å²) in [4.78, 5) is 15.5. The van der Waals surface area contributed by atoms with Gasteiger partial charge in [-0.1, -0.05) is 30.9 Å². The van der Waals surface area contributed by atoms with Crippen LogP contribution in [0.15, 0.2) is 11.0 Å². The fraction of sp³-hybridized carbons (Fsp3) is 0.600. The van der Waals surface area contributed by atoms with Crippen LogP contribution in [0.3, 0.4) is 0 Å². The zero-order chi connectivity index (χ0) is 10.8. The van der Waals surface area contributed by atoms with E-state index in [1.807, 2.05) is 0 Å². The minimum Gasteiger partial charge on any atom is -0.379 e. The fourth-order valence-electron chi connectivity index (χ4n) is 2.13. The van der Waals surface area contributed by atoms with Gasteiger partial charge in [-0.15, -0.1) is 0 Å². The second-order valence-corrected chi connectivity index (χ2v) is 4.34. The van der Waals surface area contributed by atoms with E-state index in [1.54, 1.807) is 10.8 Å². The molecular weight excluding hydrogens is 214 g/mol. The van der Waals surface area contributed by atoms with Crippen LogP contribution in [-0.4, -0.2) is 9.55 Å². The van der Waals surface area contributed by atoms with Gasteiger partial charge in [-0.05, 0) is 12.8 Å². The number of nitrogens with zero attached hydrogens (tertiary/aromatic N) is 2. The molecule has 0 amide bonds. The Morgan fingerprint density at radius 3 is 2.73 bits per heavy atom. The molecule has 1 aliphatic carbocycles. The van der Waals surface area contributed by atoms with Crippen LogP contribution in [0.25, 0.3) is 0 Å². The number of aromatic nitrogens is 2. The highest BCUT2D eigenvalue weighted by Crippen LogP contribution is 2.27. The zero-order valence-corrected chi connectivity index (χ0v) is 9.20. The quantitative estimate of drug-likeness (QED) is 0.798. The zero-order valence-electron chi connectivity index (χ0n) is 8.45. The molecule has 1 aromatic heterocycles. The topological polar surface area (TPSA) is 60.9 Å². The average molecular weight is 228 g/mol. The lowest BCUT2D eigenvalue weighted by atomic mass is 9.95. The monoisotopic (exact) mass is 227 g/mol. The van der Waals surface area contributed by atoms with Crippen molar-refractivity contribution >= 4 is 17.4 Å². The molecule has 4 nitrogen and oxygen atoms in total. The Morgan fingerprint density at radius 2 is 2.07 bits per heavy atom. The molecule has 1 aliphatic rings. The molecule has 2 rings (SSSR count). The van der Waals surface area contributed by atoms with Crippen LogP contribution in [-0.2, 0) is 0 Å². The first kappa shape index (κ1) is 10.5. The first-order valence-corrected chi connectivity index (χ1v) is 5.60. The van der Waals surface area contributed by atoms with E-state index in [-0.39, 0.29) is 22.6 Å². The number of nitrogens with two attached hydrogens (primary N) is 1. The van der Waals surface area contributed by atoms with Crippen molar-refractivity contribution in [2.24, 2.45) is 0 Å². The summed E-state index contributed by atoms with van der Waals surface area (Å²) in [7, 11) is 0. The molecule has 0 aromatic carbocycles. The molecule has 1 saturated carbocycles. The Balaban J connectivity index is 2.38. The van der Waals surface area contributed by atoms with Crippen molar-refractivity contribution in [2.45, 2.75) is 38.1 Å². The van der Waals surface area contributed by atoms with Crippen molar-refractivity contribution < 1.29 is 0 Å². The lowest BCUT2D eigenvalue weighted by Gasteiger charge is -2.23.